The molecule has 72 heavy (non-hydrogen) atoms. The van der Waals surface area contributed by atoms with Crippen LogP contribution in [0, 0.1) is 6.92 Å². The van der Waals surface area contributed by atoms with Crippen molar-refractivity contribution in [1.29, 1.82) is 0 Å². The number of anilines is 2. The van der Waals surface area contributed by atoms with Crippen LogP contribution in [0.4, 0.5) is 61.3 Å². The van der Waals surface area contributed by atoms with E-state index < -0.39 is 0 Å². The maximum Gasteiger partial charge on any atom is 0.231 e. The van der Waals surface area contributed by atoms with Gasteiger partial charge < -0.3 is 9.80 Å². The van der Waals surface area contributed by atoms with Crippen LogP contribution in [-0.2, 0) is 12.8 Å². The van der Waals surface area contributed by atoms with E-state index in [0.29, 0.717) is 5.13 Å². The molecule has 8 rings (SSSR count). The summed E-state index contributed by atoms with van der Waals surface area (Å²) in [4.78, 5) is 14.7. The lowest BCUT2D eigenvalue weighted by Gasteiger charge is -2.20. The highest BCUT2D eigenvalue weighted by atomic mass is 32.1. The molecule has 2 aromatic heterocycles. The van der Waals surface area contributed by atoms with Gasteiger partial charge in [0.15, 0.2) is 0 Å². The van der Waals surface area contributed by atoms with Crippen LogP contribution >= 0.6 is 22.7 Å². The molecule has 0 aliphatic heterocycles. The van der Waals surface area contributed by atoms with E-state index >= 15 is 0 Å². The van der Waals surface area contributed by atoms with Crippen molar-refractivity contribution in [1.82, 2.24) is 4.98 Å². The van der Waals surface area contributed by atoms with Gasteiger partial charge in [-0.3, -0.25) is 4.99 Å². The Labute approximate surface area is 432 Å². The first-order valence-electron chi connectivity index (χ1n) is 25.0. The zero-order chi connectivity index (χ0) is 50.5. The molecule has 0 saturated carbocycles. The number of aliphatic imine (C=N–C) groups is 1. The van der Waals surface area contributed by atoms with Crippen molar-refractivity contribution in [2.75, 3.05) is 36.0 Å². The van der Waals surface area contributed by atoms with E-state index in [1.165, 1.54) is 58.0 Å². The molecule has 0 unspecified atom stereocenters. The van der Waals surface area contributed by atoms with Crippen LogP contribution in [0.2, 0.25) is 0 Å². The Morgan fingerprint density at radius 3 is 1.49 bits per heavy atom. The first-order chi connectivity index (χ1) is 35.2. The van der Waals surface area contributed by atoms with E-state index in [0.717, 1.165) is 111 Å². The third-order valence-electron chi connectivity index (χ3n) is 11.8. The molecule has 8 aromatic rings. The van der Waals surface area contributed by atoms with E-state index in [9.17, 15) is 0 Å². The molecule has 6 aromatic carbocycles. The molecule has 0 radical (unpaired) electrons. The summed E-state index contributed by atoms with van der Waals surface area (Å²) in [5.41, 5.74) is 12.9. The molecule has 2 heterocycles. The smallest absolute Gasteiger partial charge is 0.231 e. The number of thiazole rings is 1. The van der Waals surface area contributed by atoms with E-state index in [2.05, 4.69) is 163 Å². The Bertz CT molecular complexity index is 3020. The molecule has 368 valence electrons. The van der Waals surface area contributed by atoms with E-state index in [4.69, 9.17) is 0 Å². The fourth-order valence-corrected chi connectivity index (χ4v) is 9.46. The van der Waals surface area contributed by atoms with Gasteiger partial charge >= 0.3 is 0 Å². The topological polar surface area (TPSA) is 131 Å². The van der Waals surface area contributed by atoms with Gasteiger partial charge in [-0.25, -0.2) is 4.98 Å². The highest BCUT2D eigenvalue weighted by Crippen LogP contribution is 2.39. The lowest BCUT2D eigenvalue weighted by atomic mass is 10.1. The highest BCUT2D eigenvalue weighted by Gasteiger charge is 2.09. The van der Waals surface area contributed by atoms with Crippen LogP contribution < -0.4 is 9.80 Å². The van der Waals surface area contributed by atoms with Gasteiger partial charge in [0.2, 0.25) is 5.13 Å². The van der Waals surface area contributed by atoms with Gasteiger partial charge in [-0.1, -0.05) is 85.8 Å². The van der Waals surface area contributed by atoms with Crippen molar-refractivity contribution in [2.45, 2.75) is 80.6 Å². The van der Waals surface area contributed by atoms with Gasteiger partial charge in [0.1, 0.15) is 9.83 Å². The number of rotatable bonds is 21. The first kappa shape index (κ1) is 52.4. The van der Waals surface area contributed by atoms with Crippen LogP contribution in [0.15, 0.2) is 191 Å². The summed E-state index contributed by atoms with van der Waals surface area (Å²) in [5, 5.41) is 36.6. The molecule has 0 fully saturated rings. The average Bonchev–Trinajstić information content (AvgIpc) is 3.99. The molecule has 14 heteroatoms. The predicted molar refractivity (Wildman–Crippen MR) is 305 cm³/mol. The van der Waals surface area contributed by atoms with Crippen LogP contribution in [0.25, 0.3) is 9.53 Å². The molecule has 0 aliphatic rings. The minimum Gasteiger partial charge on any atom is -0.372 e. The maximum absolute atomic E-state index is 4.58. The van der Waals surface area contributed by atoms with Crippen LogP contribution in [0.3, 0.4) is 0 Å². The summed E-state index contributed by atoms with van der Waals surface area (Å²) in [5.74, 6) is 0. The van der Waals surface area contributed by atoms with Crippen molar-refractivity contribution in [3.8, 4) is 0 Å². The summed E-state index contributed by atoms with van der Waals surface area (Å²) >= 11 is 3.03. The summed E-state index contributed by atoms with van der Waals surface area (Å²) < 4.78 is 1.05. The van der Waals surface area contributed by atoms with Gasteiger partial charge in [0, 0.05) is 43.8 Å². The zero-order valence-electron chi connectivity index (χ0n) is 42.5. The van der Waals surface area contributed by atoms with E-state index in [1.54, 1.807) is 0 Å². The maximum atomic E-state index is 4.58. The minimum absolute atomic E-state index is 0.648. The number of hydrogen-bond donors (Lipinski definition) is 0. The molecule has 0 spiro atoms. The molecule has 12 nitrogen and oxygen atoms in total. The largest absolute Gasteiger partial charge is 0.372 e. The lowest BCUT2D eigenvalue weighted by Crippen LogP contribution is -2.21. The monoisotopic (exact) mass is 992 g/mol. The summed E-state index contributed by atoms with van der Waals surface area (Å²) in [6, 6.07) is 48.7. The van der Waals surface area contributed by atoms with Crippen molar-refractivity contribution in [2.24, 2.45) is 45.9 Å². The molecule has 0 amide bonds. The number of unbranched alkanes of at least 4 members (excludes halogenated alkanes) is 1. The van der Waals surface area contributed by atoms with Crippen molar-refractivity contribution >= 4 is 99.7 Å². The summed E-state index contributed by atoms with van der Waals surface area (Å²) in [7, 11) is 0. The van der Waals surface area contributed by atoms with E-state index in [-0.39, 0.29) is 0 Å². The molecule has 0 N–H and O–H groups in total. The number of azo groups is 4. The standard InChI is InChI=1S/C33H36N6.C25H28N6S2/c1-5-8-26-9-13-28(14-10-26)34-24-27-11-15-29(16-12-27)36-38-33-22-19-31(23-25(33)4)37-35-30-17-20-32(21-18-30)39(6-2)7-3;1-4-7-8-18-9-11-19(12-10-18)27-29-23-17-22-24(33-23)26-25(32-22)30-28-20-13-15-21(16-14-20)31(5-2)6-3/h9-24H,5-8H2,1-4H3;9-17H,4-8H2,1-3H3. The SMILES string of the molecule is CCCCc1ccc(N=Nc2cc3sc(N=Nc4ccc(N(CC)CC)cc4)nc3s2)cc1.CCCc1ccc(N=Cc2ccc(N=Nc3ccc(N=Nc4ccc(N(CC)CC)cc4)cc3C)cc2)cc1. The van der Waals surface area contributed by atoms with Crippen molar-refractivity contribution in [3.05, 3.63) is 168 Å². The summed E-state index contributed by atoms with van der Waals surface area (Å²) in [6.07, 6.45) is 7.65. The van der Waals surface area contributed by atoms with Crippen LogP contribution in [-0.4, -0.2) is 37.4 Å². The number of nitrogens with zero attached hydrogens (tertiary/aromatic N) is 12. The second-order valence-corrected chi connectivity index (χ2v) is 19.0. The highest BCUT2D eigenvalue weighted by molar-refractivity contribution is 7.30. The van der Waals surface area contributed by atoms with E-state index in [1.807, 2.05) is 98.1 Å². The average molecular weight is 993 g/mol. The molecule has 0 saturated heterocycles. The fourth-order valence-electron chi connectivity index (χ4n) is 7.61. The Kier molecular flexibility index (Phi) is 19.8. The third-order valence-corrected chi connectivity index (χ3v) is 13.7. The molecular weight excluding hydrogens is 929 g/mol. The van der Waals surface area contributed by atoms with Crippen molar-refractivity contribution in [3.63, 3.8) is 0 Å². The second-order valence-electron chi connectivity index (χ2n) is 16.9. The minimum atomic E-state index is 0.648. The molecule has 0 aliphatic carbocycles. The quantitative estimate of drug-likeness (QED) is 0.0525. The normalized spacial score (nSPS) is 11.8. The molecule has 0 atom stereocenters. The Balaban J connectivity index is 0.000000214. The number of fused-ring (bicyclic) bond motifs is 1. The zero-order valence-corrected chi connectivity index (χ0v) is 44.1. The fraction of sp³-hybridized carbons (Fsp3) is 0.276. The van der Waals surface area contributed by atoms with Crippen LogP contribution in [0.5, 0.6) is 0 Å². The van der Waals surface area contributed by atoms with Gasteiger partial charge in [-0.15, -0.1) is 20.5 Å². The van der Waals surface area contributed by atoms with Gasteiger partial charge in [-0.05, 0) is 185 Å². The first-order valence-corrected chi connectivity index (χ1v) is 26.6. The molecular formula is C58H64N12S2. The summed E-state index contributed by atoms with van der Waals surface area (Å²) in [6.45, 7) is 19.0. The van der Waals surface area contributed by atoms with Gasteiger partial charge in [0.25, 0.3) is 0 Å². The van der Waals surface area contributed by atoms with Crippen LogP contribution in [0.1, 0.15) is 83.1 Å². The van der Waals surface area contributed by atoms with Gasteiger partial charge in [-0.2, -0.15) is 20.5 Å². The number of aromatic nitrogens is 1. The number of benzene rings is 6. The van der Waals surface area contributed by atoms with Gasteiger partial charge in [0.05, 0.1) is 44.5 Å². The predicted octanol–water partition coefficient (Wildman–Crippen LogP) is 19.8. The third kappa shape index (κ3) is 15.5. The lowest BCUT2D eigenvalue weighted by molar-refractivity contribution is 0.795. The number of hydrogen-bond acceptors (Lipinski definition) is 14. The van der Waals surface area contributed by atoms with Crippen molar-refractivity contribution < 1.29 is 0 Å². The Morgan fingerprint density at radius 1 is 0.458 bits per heavy atom. The molecule has 0 bridgehead atoms. The second kappa shape index (κ2) is 27.3. The Hall–Kier alpha value is -7.42. The number of aryl methyl sites for hydroxylation is 3. The number of thiophene rings is 1. The Morgan fingerprint density at radius 2 is 0.944 bits per heavy atom.